The number of nitriles is 1. The van der Waals surface area contributed by atoms with Gasteiger partial charge in [0.05, 0.1) is 22.8 Å². The van der Waals surface area contributed by atoms with Crippen molar-refractivity contribution < 1.29 is 38.2 Å². The van der Waals surface area contributed by atoms with Gasteiger partial charge in [-0.25, -0.2) is 9.78 Å². The Balaban J connectivity index is 1.53. The van der Waals surface area contributed by atoms with Crippen LogP contribution in [-0.2, 0) is 44.8 Å². The van der Waals surface area contributed by atoms with Crippen molar-refractivity contribution in [2.75, 3.05) is 25.4 Å². The van der Waals surface area contributed by atoms with Crippen LogP contribution in [0.15, 0.2) is 46.3 Å². The van der Waals surface area contributed by atoms with Crippen molar-refractivity contribution in [2.45, 2.75) is 38.8 Å². The number of β-lactam (4-membered cyclic amide) rings is 1. The summed E-state index contributed by atoms with van der Waals surface area (Å²) >= 11 is 2.37. The van der Waals surface area contributed by atoms with E-state index in [1.807, 2.05) is 6.07 Å². The number of esters is 2. The van der Waals surface area contributed by atoms with Crippen LogP contribution in [0.1, 0.15) is 37.6 Å². The molecule has 226 valence electrons. The number of hydrogen-bond donors (Lipinski definition) is 2. The maximum Gasteiger partial charge on any atom is 0.361 e. The van der Waals surface area contributed by atoms with Crippen molar-refractivity contribution >= 4 is 57.7 Å². The Labute approximate surface area is 254 Å². The van der Waals surface area contributed by atoms with Gasteiger partial charge in [0.2, 0.25) is 6.79 Å². The van der Waals surface area contributed by atoms with E-state index in [-0.39, 0.29) is 40.4 Å². The molecule has 0 radical (unpaired) electrons. The summed E-state index contributed by atoms with van der Waals surface area (Å²) in [6.45, 7) is 4.32. The number of benzene rings is 1. The number of hydrogen-bond acceptors (Lipinski definition) is 14. The molecule has 3 N–H and O–H groups in total. The lowest BCUT2D eigenvalue weighted by molar-refractivity contribution is -0.173. The van der Waals surface area contributed by atoms with E-state index in [4.69, 9.17) is 30.0 Å². The van der Waals surface area contributed by atoms with Crippen LogP contribution in [-0.4, -0.2) is 70.4 Å². The van der Waals surface area contributed by atoms with Crippen molar-refractivity contribution in [1.29, 1.82) is 5.26 Å². The van der Waals surface area contributed by atoms with Gasteiger partial charge >= 0.3 is 11.9 Å². The highest BCUT2D eigenvalue weighted by molar-refractivity contribution is 8.00. The number of nitrogens with zero attached hydrogens (tertiary/aromatic N) is 4. The van der Waals surface area contributed by atoms with E-state index >= 15 is 0 Å². The van der Waals surface area contributed by atoms with Gasteiger partial charge in [0, 0.05) is 5.38 Å². The Morgan fingerprint density at radius 2 is 1.95 bits per heavy atom. The van der Waals surface area contributed by atoms with Crippen molar-refractivity contribution in [1.82, 2.24) is 15.2 Å². The molecule has 4 rings (SSSR count). The third-order valence-corrected chi connectivity index (χ3v) is 7.99. The normalized spacial score (nSPS) is 18.2. The van der Waals surface area contributed by atoms with Crippen LogP contribution in [0.25, 0.3) is 0 Å². The number of carbonyl (C=O) groups excluding carboxylic acids is 4. The second-order valence-corrected chi connectivity index (χ2v) is 12.1. The summed E-state index contributed by atoms with van der Waals surface area (Å²) in [5, 5.41) is 16.5. The molecule has 2 aliphatic rings. The average molecular weight is 629 g/mol. The number of amides is 2. The van der Waals surface area contributed by atoms with E-state index in [0.717, 1.165) is 16.9 Å². The Bertz CT molecular complexity index is 1520. The summed E-state index contributed by atoms with van der Waals surface area (Å²) in [4.78, 5) is 61.8. The Morgan fingerprint density at radius 1 is 1.23 bits per heavy atom. The minimum atomic E-state index is -1.02. The fourth-order valence-electron chi connectivity index (χ4n) is 3.86. The van der Waals surface area contributed by atoms with Crippen LogP contribution in [0.3, 0.4) is 0 Å². The molecule has 14 nitrogen and oxygen atoms in total. The van der Waals surface area contributed by atoms with Crippen LogP contribution < -0.4 is 11.1 Å². The van der Waals surface area contributed by atoms with Crippen LogP contribution in [0.2, 0.25) is 0 Å². The molecule has 2 aliphatic heterocycles. The van der Waals surface area contributed by atoms with Gasteiger partial charge in [-0.05, 0) is 38.5 Å². The summed E-state index contributed by atoms with van der Waals surface area (Å²) < 4.78 is 16.2. The Kier molecular flexibility index (Phi) is 9.56. The zero-order chi connectivity index (χ0) is 31.3. The first kappa shape index (κ1) is 31.3. The number of oxime groups is 1. The molecule has 2 aromatic rings. The fraction of sp³-hybridized carbons (Fsp3) is 0.370. The third kappa shape index (κ3) is 7.07. The minimum absolute atomic E-state index is 0.0396. The molecule has 1 aromatic carbocycles. The molecule has 2 atom stereocenters. The van der Waals surface area contributed by atoms with Crippen LogP contribution >= 0.6 is 23.1 Å². The smallest absolute Gasteiger partial charge is 0.361 e. The topological polar surface area (TPSA) is 196 Å². The monoisotopic (exact) mass is 628 g/mol. The van der Waals surface area contributed by atoms with E-state index in [9.17, 15) is 19.2 Å². The van der Waals surface area contributed by atoms with Gasteiger partial charge in [0.15, 0.2) is 16.5 Å². The lowest BCUT2D eigenvalue weighted by Crippen LogP contribution is -2.71. The molecule has 0 aliphatic carbocycles. The highest BCUT2D eigenvalue weighted by Crippen LogP contribution is 2.41. The summed E-state index contributed by atoms with van der Waals surface area (Å²) in [7, 11) is 1.26. The molecule has 2 amide bonds. The molecule has 1 aromatic heterocycles. The first-order chi connectivity index (χ1) is 20.4. The van der Waals surface area contributed by atoms with Crippen molar-refractivity contribution in [2.24, 2.45) is 10.6 Å². The number of fused-ring (bicyclic) bond motifs is 1. The van der Waals surface area contributed by atoms with Crippen LogP contribution in [0, 0.1) is 16.7 Å². The highest BCUT2D eigenvalue weighted by atomic mass is 32.2. The van der Waals surface area contributed by atoms with E-state index in [1.54, 1.807) is 45.0 Å². The molecule has 0 bridgehead atoms. The number of ether oxygens (including phenoxy) is 3. The average Bonchev–Trinajstić information content (AvgIpc) is 3.41. The first-order valence-electron chi connectivity index (χ1n) is 12.7. The van der Waals surface area contributed by atoms with Crippen LogP contribution in [0.5, 0.6) is 0 Å². The fourth-order valence-corrected chi connectivity index (χ4v) is 5.69. The second kappa shape index (κ2) is 13.1. The predicted molar refractivity (Wildman–Crippen MR) is 155 cm³/mol. The van der Waals surface area contributed by atoms with Gasteiger partial charge in [-0.2, -0.15) is 5.26 Å². The molecular weight excluding hydrogens is 600 g/mol. The molecular formula is C27H28N6O8S2. The van der Waals surface area contributed by atoms with Crippen LogP contribution in [0.4, 0.5) is 5.13 Å². The van der Waals surface area contributed by atoms with E-state index < -0.39 is 47.4 Å². The van der Waals surface area contributed by atoms with Gasteiger partial charge in [-0.3, -0.25) is 19.3 Å². The molecule has 16 heteroatoms. The summed E-state index contributed by atoms with van der Waals surface area (Å²) in [6.07, 6.45) is 0. The summed E-state index contributed by atoms with van der Waals surface area (Å²) in [5.74, 6) is -2.53. The highest BCUT2D eigenvalue weighted by Gasteiger charge is 2.55. The minimum Gasteiger partial charge on any atom is -0.490 e. The number of nitrogen functional groups attached to an aromatic ring is 1. The molecule has 0 saturated carbocycles. The quantitative estimate of drug-likeness (QED) is 0.128. The SMILES string of the molecule is CO/N=C(\C(=O)N[C@@H]1C(=O)N2C(C(=O)OCOC(=O)C(C)(C)C)=C(OCc3ccc(C#N)cc3)CS[C@@H]12)c1csc(N)n1. The number of rotatable bonds is 10. The number of anilines is 1. The molecule has 43 heavy (non-hydrogen) atoms. The van der Waals surface area contributed by atoms with Crippen molar-refractivity contribution in [3.63, 3.8) is 0 Å². The number of nitrogens with one attached hydrogen (secondary N) is 1. The number of thiazole rings is 1. The zero-order valence-corrected chi connectivity index (χ0v) is 25.2. The number of aromatic nitrogens is 1. The summed E-state index contributed by atoms with van der Waals surface area (Å²) in [6, 6.07) is 7.69. The van der Waals surface area contributed by atoms with Gasteiger partial charge in [0.25, 0.3) is 11.8 Å². The Morgan fingerprint density at radius 3 is 2.56 bits per heavy atom. The standard InChI is InChI=1S/C27H28N6O8S2/c1-27(2,3)25(37)41-13-40-24(36)20-17(39-10-15-7-5-14(9-28)6-8-15)12-42-23-19(22(35)33(20)23)31-21(34)18(32-38-4)16-11-43-26(29)30-16/h5-8,11,19,23H,10,12-13H2,1-4H3,(H2,29,30)(H,31,34)/b32-18-/t19-,23+/m1/s1. The number of thioether (sulfide) groups is 1. The number of nitrogens with two attached hydrogens (primary N) is 1. The second-order valence-electron chi connectivity index (χ2n) is 10.2. The summed E-state index contributed by atoms with van der Waals surface area (Å²) in [5.41, 5.74) is 5.89. The van der Waals surface area contributed by atoms with E-state index in [0.29, 0.717) is 5.56 Å². The van der Waals surface area contributed by atoms with E-state index in [2.05, 4.69) is 15.5 Å². The molecule has 1 fully saturated rings. The van der Waals surface area contributed by atoms with Crippen molar-refractivity contribution in [3.8, 4) is 6.07 Å². The predicted octanol–water partition coefficient (Wildman–Crippen LogP) is 1.87. The molecule has 1 saturated heterocycles. The number of carbonyl (C=O) groups is 4. The maximum absolute atomic E-state index is 13.4. The van der Waals surface area contributed by atoms with Gasteiger partial charge in [-0.15, -0.1) is 23.1 Å². The molecule has 3 heterocycles. The largest absolute Gasteiger partial charge is 0.490 e. The van der Waals surface area contributed by atoms with Gasteiger partial charge < -0.3 is 30.1 Å². The van der Waals surface area contributed by atoms with Crippen molar-refractivity contribution in [3.05, 3.63) is 57.9 Å². The molecule has 0 spiro atoms. The zero-order valence-electron chi connectivity index (χ0n) is 23.6. The molecule has 0 unspecified atom stereocenters. The first-order valence-corrected chi connectivity index (χ1v) is 14.6. The third-order valence-electron chi connectivity index (χ3n) is 6.06. The Hall–Kier alpha value is -4.62. The maximum atomic E-state index is 13.4. The lowest BCUT2D eigenvalue weighted by atomic mass is 9.98. The lowest BCUT2D eigenvalue weighted by Gasteiger charge is -2.49. The van der Waals surface area contributed by atoms with Gasteiger partial charge in [0.1, 0.15) is 36.6 Å². The van der Waals surface area contributed by atoms with E-state index in [1.165, 1.54) is 29.2 Å². The van der Waals surface area contributed by atoms with Gasteiger partial charge in [-0.1, -0.05) is 17.3 Å².